The van der Waals surface area contributed by atoms with Crippen molar-refractivity contribution in [1.29, 1.82) is 0 Å². The quantitative estimate of drug-likeness (QED) is 0.793. The van der Waals surface area contributed by atoms with Crippen LogP contribution in [-0.2, 0) is 14.3 Å². The maximum Gasteiger partial charge on any atom is 0.255 e. The molecule has 0 unspecified atom stereocenters. The normalized spacial score (nSPS) is 28.2. The van der Waals surface area contributed by atoms with E-state index in [0.717, 1.165) is 24.2 Å². The van der Waals surface area contributed by atoms with Crippen molar-refractivity contribution in [3.8, 4) is 5.69 Å². The first-order valence-electron chi connectivity index (χ1n) is 10.1. The number of carbonyl (C=O) groups excluding carboxylic acids is 2. The summed E-state index contributed by atoms with van der Waals surface area (Å²) in [6, 6.07) is 9.28. The first-order chi connectivity index (χ1) is 14.1. The van der Waals surface area contributed by atoms with Gasteiger partial charge in [-0.25, -0.2) is 4.68 Å². The third kappa shape index (κ3) is 3.42. The summed E-state index contributed by atoms with van der Waals surface area (Å²) in [5.41, 5.74) is 2.20. The zero-order valence-electron chi connectivity index (χ0n) is 16.2. The minimum Gasteiger partial charge on any atom is -0.371 e. The zero-order chi connectivity index (χ0) is 20.0. The molecule has 1 saturated carbocycles. The summed E-state index contributed by atoms with van der Waals surface area (Å²) >= 11 is 0. The van der Waals surface area contributed by atoms with Crippen LogP contribution >= 0.6 is 0 Å². The second-order valence-electron chi connectivity index (χ2n) is 7.96. The molecule has 29 heavy (non-hydrogen) atoms. The summed E-state index contributed by atoms with van der Waals surface area (Å²) in [5, 5.41) is 10.4. The fourth-order valence-electron chi connectivity index (χ4n) is 4.10. The highest BCUT2D eigenvalue weighted by Crippen LogP contribution is 2.31. The predicted octanol–water partition coefficient (Wildman–Crippen LogP) is 1.46. The lowest BCUT2D eigenvalue weighted by atomic mass is 10.1. The van der Waals surface area contributed by atoms with Crippen LogP contribution in [0, 0.1) is 12.8 Å². The number of amides is 2. The summed E-state index contributed by atoms with van der Waals surface area (Å²) in [6.45, 7) is 2.65. The minimum absolute atomic E-state index is 0. The summed E-state index contributed by atoms with van der Waals surface area (Å²) in [7, 11) is 0. The molecule has 4 atom stereocenters. The van der Waals surface area contributed by atoms with Gasteiger partial charge in [-0.2, -0.15) is 5.10 Å². The molecule has 1 aromatic heterocycles. The van der Waals surface area contributed by atoms with Crippen molar-refractivity contribution in [1.82, 2.24) is 20.4 Å². The van der Waals surface area contributed by atoms with E-state index >= 15 is 0 Å². The Hall–Kier alpha value is -2.71. The summed E-state index contributed by atoms with van der Waals surface area (Å²) < 4.78 is 13.5. The van der Waals surface area contributed by atoms with E-state index in [1.165, 1.54) is 0 Å². The largest absolute Gasteiger partial charge is 0.371 e. The number of ether oxygens (including phenoxy) is 2. The van der Waals surface area contributed by atoms with E-state index in [0.29, 0.717) is 18.8 Å². The molecular formula is C21H28N4O4. The van der Waals surface area contributed by atoms with Crippen LogP contribution in [-0.4, -0.2) is 59.1 Å². The lowest BCUT2D eigenvalue weighted by Crippen LogP contribution is -2.47. The van der Waals surface area contributed by atoms with Crippen LogP contribution in [0.3, 0.4) is 0 Å². The van der Waals surface area contributed by atoms with Crippen molar-refractivity contribution in [2.45, 2.75) is 44.1 Å². The van der Waals surface area contributed by atoms with E-state index in [9.17, 15) is 9.59 Å². The maximum absolute atomic E-state index is 12.9. The van der Waals surface area contributed by atoms with E-state index < -0.39 is 0 Å². The zero-order valence-corrected chi connectivity index (χ0v) is 16.2. The maximum atomic E-state index is 12.9. The molecule has 8 heteroatoms. The van der Waals surface area contributed by atoms with Crippen LogP contribution in [0.15, 0.2) is 36.5 Å². The van der Waals surface area contributed by atoms with Gasteiger partial charge >= 0.3 is 0 Å². The first-order valence-corrected chi connectivity index (χ1v) is 10.1. The minimum atomic E-state index is -0.257. The van der Waals surface area contributed by atoms with E-state index in [1.807, 2.05) is 37.3 Å². The van der Waals surface area contributed by atoms with Gasteiger partial charge in [0.15, 0.2) is 0 Å². The number of hydrogen-bond donors (Lipinski definition) is 2. The Morgan fingerprint density at radius 1 is 1.07 bits per heavy atom. The lowest BCUT2D eigenvalue weighted by Gasteiger charge is -2.18. The molecule has 1 aromatic carbocycles. The average molecular weight is 400 g/mol. The Morgan fingerprint density at radius 3 is 2.38 bits per heavy atom. The van der Waals surface area contributed by atoms with Gasteiger partial charge in [0.25, 0.3) is 5.91 Å². The molecule has 3 fully saturated rings. The van der Waals surface area contributed by atoms with Crippen LogP contribution in [0.4, 0.5) is 0 Å². The number of hydrogen-bond acceptors (Lipinski definition) is 5. The molecule has 2 amide bonds. The topological polar surface area (TPSA) is 94.5 Å². The van der Waals surface area contributed by atoms with Crippen LogP contribution in [0.25, 0.3) is 5.69 Å². The molecule has 0 radical (unpaired) electrons. The van der Waals surface area contributed by atoms with Gasteiger partial charge < -0.3 is 20.1 Å². The second-order valence-corrected chi connectivity index (χ2v) is 7.96. The number of nitrogens with zero attached hydrogens (tertiary/aromatic N) is 2. The van der Waals surface area contributed by atoms with Gasteiger partial charge in [-0.1, -0.05) is 18.2 Å². The highest BCUT2D eigenvalue weighted by Gasteiger charge is 2.49. The highest BCUT2D eigenvalue weighted by atomic mass is 16.6. The Balaban J connectivity index is 0.00000136. The lowest BCUT2D eigenvalue weighted by molar-refractivity contribution is -0.123. The average Bonchev–Trinajstić information content (AvgIpc) is 3.24. The van der Waals surface area contributed by atoms with Gasteiger partial charge in [0.05, 0.1) is 48.4 Å². The Kier molecular flexibility index (Phi) is 4.60. The van der Waals surface area contributed by atoms with Crippen LogP contribution in [0.2, 0.25) is 0 Å². The summed E-state index contributed by atoms with van der Waals surface area (Å²) in [6.07, 6.45) is 3.02. The van der Waals surface area contributed by atoms with Crippen molar-refractivity contribution in [2.75, 3.05) is 13.2 Å². The monoisotopic (exact) mass is 400 g/mol. The predicted molar refractivity (Wildman–Crippen MR) is 108 cm³/mol. The molecule has 2 aliphatic heterocycles. The van der Waals surface area contributed by atoms with E-state index in [-0.39, 0.29) is 44.9 Å². The summed E-state index contributed by atoms with van der Waals surface area (Å²) in [4.78, 5) is 24.9. The smallest absolute Gasteiger partial charge is 0.255 e. The van der Waals surface area contributed by atoms with Gasteiger partial charge in [0.2, 0.25) is 5.91 Å². The van der Waals surface area contributed by atoms with Crippen molar-refractivity contribution in [3.63, 3.8) is 0 Å². The molecule has 1 aliphatic carbocycles. The number of nitrogens with one attached hydrogen (secondary N) is 2. The van der Waals surface area contributed by atoms with Gasteiger partial charge in [0.1, 0.15) is 12.2 Å². The number of fused-ring (bicyclic) bond motifs is 1. The molecule has 8 nitrogen and oxygen atoms in total. The molecule has 2 N–H and O–H groups in total. The van der Waals surface area contributed by atoms with E-state index in [2.05, 4.69) is 15.7 Å². The molecule has 5 rings (SSSR count). The fourth-order valence-corrected chi connectivity index (χ4v) is 4.10. The Labute approximate surface area is 171 Å². The van der Waals surface area contributed by atoms with E-state index in [1.54, 1.807) is 10.9 Å². The molecule has 156 valence electrons. The van der Waals surface area contributed by atoms with Gasteiger partial charge in [-0.3, -0.25) is 9.59 Å². The van der Waals surface area contributed by atoms with Crippen LogP contribution in [0.5, 0.6) is 0 Å². The number of carbonyl (C=O) groups is 2. The molecule has 3 aliphatic rings. The van der Waals surface area contributed by atoms with Gasteiger partial charge in [-0.15, -0.1) is 0 Å². The van der Waals surface area contributed by atoms with Crippen LogP contribution in [0.1, 0.15) is 31.7 Å². The first kappa shape index (κ1) is 18.3. The van der Waals surface area contributed by atoms with Gasteiger partial charge in [0, 0.05) is 8.77 Å². The molecular weight excluding hydrogens is 372 g/mol. The van der Waals surface area contributed by atoms with Gasteiger partial charge in [-0.05, 0) is 31.9 Å². The summed E-state index contributed by atoms with van der Waals surface area (Å²) in [5.74, 6) is 0.0300. The number of rotatable bonds is 5. The molecule has 0 spiro atoms. The molecule has 2 aromatic rings. The molecule has 3 heterocycles. The second kappa shape index (κ2) is 7.27. The van der Waals surface area contributed by atoms with Crippen molar-refractivity contribution < 1.29 is 21.9 Å². The van der Waals surface area contributed by atoms with Crippen molar-refractivity contribution in [3.05, 3.63) is 47.8 Å². The van der Waals surface area contributed by atoms with Crippen molar-refractivity contribution >= 4 is 11.8 Å². The van der Waals surface area contributed by atoms with Crippen LogP contribution < -0.4 is 10.6 Å². The third-order valence-corrected chi connectivity index (χ3v) is 5.90. The Morgan fingerprint density at radius 2 is 1.72 bits per heavy atom. The highest BCUT2D eigenvalue weighted by molar-refractivity contribution is 5.95. The molecule has 2 saturated heterocycles. The van der Waals surface area contributed by atoms with Crippen molar-refractivity contribution in [2.24, 2.45) is 5.92 Å². The van der Waals surface area contributed by atoms with E-state index in [4.69, 9.17) is 9.47 Å². The Bertz CT molecular complexity index is 935. The standard InChI is InChI=1S/C21H24N4O4.2H2/c1-12-15(9-22-25(12)14-5-3-2-4-6-14)21(27)24-17-11-29-18-16(10-28-19(17)18)23-20(26)13-7-8-13;;/h2-6,9,13,16-19H,7-8,10-11H2,1H3,(H,23,26)(H,24,27);2*1H/t16-,17-,18+,19+;;/m0../s1. The SMILES string of the molecule is Cc1c(C(=O)N[C@H]2CO[C@H]3[C@@H]2OC[C@@H]3NC(=O)C2CC2)cnn1-c1ccccc1.[HH].[HH]. The number of aromatic nitrogens is 2. The number of benzene rings is 1. The third-order valence-electron chi connectivity index (χ3n) is 5.90. The molecule has 0 bridgehead atoms. The number of para-hydroxylation sites is 1. The fraction of sp³-hybridized carbons (Fsp3) is 0.476.